The maximum atomic E-state index is 11.8. The van der Waals surface area contributed by atoms with Gasteiger partial charge in [-0.05, 0) is 37.5 Å². The molecule has 1 aliphatic rings. The molecule has 0 unspecified atom stereocenters. The van der Waals surface area contributed by atoms with Gasteiger partial charge in [0.1, 0.15) is 5.82 Å². The maximum Gasteiger partial charge on any atom is 0.228 e. The van der Waals surface area contributed by atoms with Gasteiger partial charge in [0.15, 0.2) is 0 Å². The molecule has 4 rings (SSSR count). The molecule has 0 atom stereocenters. The van der Waals surface area contributed by atoms with Crippen LogP contribution in [0, 0.1) is 12.8 Å². The molecule has 110 valence electrons. The molecule has 4 heteroatoms. The Morgan fingerprint density at radius 3 is 2.91 bits per heavy atom. The molecule has 1 saturated carbocycles. The summed E-state index contributed by atoms with van der Waals surface area (Å²) in [6.45, 7) is 2.08. The highest BCUT2D eigenvalue weighted by molar-refractivity contribution is 5.95. The molecule has 2 aromatic heterocycles. The molecule has 0 aliphatic heterocycles. The van der Waals surface area contributed by atoms with Gasteiger partial charge >= 0.3 is 0 Å². The number of amides is 1. The molecule has 0 bridgehead atoms. The van der Waals surface area contributed by atoms with Crippen LogP contribution in [-0.2, 0) is 4.79 Å². The van der Waals surface area contributed by atoms with E-state index in [1.54, 1.807) is 6.20 Å². The van der Waals surface area contributed by atoms with E-state index >= 15 is 0 Å². The minimum atomic E-state index is 0.0808. The van der Waals surface area contributed by atoms with E-state index in [1.165, 1.54) is 5.56 Å². The van der Waals surface area contributed by atoms with Crippen molar-refractivity contribution in [1.82, 2.24) is 9.97 Å². The largest absolute Gasteiger partial charge is 0.354 e. The number of aryl methyl sites for hydroxylation is 1. The maximum absolute atomic E-state index is 11.8. The Bertz CT molecular complexity index is 862. The molecule has 22 heavy (non-hydrogen) atoms. The SMILES string of the molecule is Cc1cccc(-c2cc3cnc(NC(=O)C4CC4)cc3[nH]2)c1. The molecule has 1 aromatic carbocycles. The van der Waals surface area contributed by atoms with E-state index in [0.29, 0.717) is 5.82 Å². The molecular formula is C18H17N3O. The first kappa shape index (κ1) is 13.1. The zero-order valence-electron chi connectivity index (χ0n) is 12.4. The summed E-state index contributed by atoms with van der Waals surface area (Å²) in [5.41, 5.74) is 4.43. The van der Waals surface area contributed by atoms with E-state index in [2.05, 4.69) is 52.5 Å². The number of benzene rings is 1. The van der Waals surface area contributed by atoms with Crippen LogP contribution in [0.5, 0.6) is 0 Å². The molecule has 1 aliphatic carbocycles. The Morgan fingerprint density at radius 1 is 1.27 bits per heavy atom. The summed E-state index contributed by atoms with van der Waals surface area (Å²) in [5, 5.41) is 3.93. The van der Waals surface area contributed by atoms with E-state index in [-0.39, 0.29) is 11.8 Å². The van der Waals surface area contributed by atoms with Gasteiger partial charge in [0.2, 0.25) is 5.91 Å². The van der Waals surface area contributed by atoms with Crippen molar-refractivity contribution in [3.8, 4) is 11.3 Å². The summed E-state index contributed by atoms with van der Waals surface area (Å²) < 4.78 is 0. The third kappa shape index (κ3) is 2.48. The number of aromatic amines is 1. The van der Waals surface area contributed by atoms with Gasteiger partial charge in [-0.25, -0.2) is 4.98 Å². The average Bonchev–Trinajstić information content (AvgIpc) is 3.27. The lowest BCUT2D eigenvalue weighted by atomic mass is 10.1. The van der Waals surface area contributed by atoms with Crippen molar-refractivity contribution in [1.29, 1.82) is 0 Å². The van der Waals surface area contributed by atoms with E-state index in [9.17, 15) is 4.79 Å². The van der Waals surface area contributed by atoms with E-state index in [0.717, 1.165) is 35.0 Å². The Labute approximate surface area is 128 Å². The van der Waals surface area contributed by atoms with Crippen LogP contribution in [0.1, 0.15) is 18.4 Å². The number of carbonyl (C=O) groups is 1. The van der Waals surface area contributed by atoms with Crippen LogP contribution in [0.3, 0.4) is 0 Å². The number of nitrogens with one attached hydrogen (secondary N) is 2. The van der Waals surface area contributed by atoms with Crippen LogP contribution >= 0.6 is 0 Å². The lowest BCUT2D eigenvalue weighted by Crippen LogP contribution is -2.14. The van der Waals surface area contributed by atoms with Gasteiger partial charge < -0.3 is 10.3 Å². The summed E-state index contributed by atoms with van der Waals surface area (Å²) in [5.74, 6) is 0.878. The van der Waals surface area contributed by atoms with Crippen molar-refractivity contribution in [3.63, 3.8) is 0 Å². The normalized spacial score (nSPS) is 14.2. The third-order valence-electron chi connectivity index (χ3n) is 4.03. The highest BCUT2D eigenvalue weighted by Crippen LogP contribution is 2.30. The number of anilines is 1. The van der Waals surface area contributed by atoms with Crippen LogP contribution in [0.4, 0.5) is 5.82 Å². The third-order valence-corrected chi connectivity index (χ3v) is 4.03. The van der Waals surface area contributed by atoms with Crippen LogP contribution in [0.25, 0.3) is 22.2 Å². The number of nitrogens with zero attached hydrogens (tertiary/aromatic N) is 1. The van der Waals surface area contributed by atoms with Crippen molar-refractivity contribution >= 4 is 22.6 Å². The fourth-order valence-electron chi connectivity index (χ4n) is 2.64. The lowest BCUT2D eigenvalue weighted by Gasteiger charge is -2.02. The van der Waals surface area contributed by atoms with Crippen LogP contribution in [0.15, 0.2) is 42.6 Å². The number of H-pyrrole nitrogens is 1. The first-order chi connectivity index (χ1) is 10.7. The summed E-state index contributed by atoms with van der Waals surface area (Å²) in [7, 11) is 0. The Hall–Kier alpha value is -2.62. The lowest BCUT2D eigenvalue weighted by molar-refractivity contribution is -0.117. The summed E-state index contributed by atoms with van der Waals surface area (Å²) in [6.07, 6.45) is 3.79. The van der Waals surface area contributed by atoms with E-state index in [4.69, 9.17) is 0 Å². The highest BCUT2D eigenvalue weighted by atomic mass is 16.2. The topological polar surface area (TPSA) is 57.8 Å². The molecule has 1 fully saturated rings. The van der Waals surface area contributed by atoms with Crippen molar-refractivity contribution in [2.45, 2.75) is 19.8 Å². The first-order valence-electron chi connectivity index (χ1n) is 7.56. The van der Waals surface area contributed by atoms with Gasteiger partial charge in [-0.2, -0.15) is 0 Å². The number of hydrogen-bond acceptors (Lipinski definition) is 2. The van der Waals surface area contributed by atoms with Gasteiger partial charge in [0, 0.05) is 29.3 Å². The van der Waals surface area contributed by atoms with Gasteiger partial charge in [-0.3, -0.25) is 4.79 Å². The number of carbonyl (C=O) groups excluding carboxylic acids is 1. The van der Waals surface area contributed by atoms with Crippen molar-refractivity contribution in [2.75, 3.05) is 5.32 Å². The van der Waals surface area contributed by atoms with Crippen molar-refractivity contribution in [3.05, 3.63) is 48.2 Å². The molecule has 3 aromatic rings. The number of fused-ring (bicyclic) bond motifs is 1. The van der Waals surface area contributed by atoms with Gasteiger partial charge in [0.05, 0.1) is 5.52 Å². The summed E-state index contributed by atoms with van der Waals surface area (Å²) in [4.78, 5) is 19.5. The molecule has 1 amide bonds. The molecule has 0 saturated heterocycles. The Kier molecular flexibility index (Phi) is 2.96. The second kappa shape index (κ2) is 4.98. The van der Waals surface area contributed by atoms with Crippen molar-refractivity contribution < 1.29 is 4.79 Å². The monoisotopic (exact) mass is 291 g/mol. The minimum Gasteiger partial charge on any atom is -0.354 e. The summed E-state index contributed by atoms with van der Waals surface area (Å²) >= 11 is 0. The van der Waals surface area contributed by atoms with Gasteiger partial charge in [-0.1, -0.05) is 23.8 Å². The molecule has 2 heterocycles. The predicted octanol–water partition coefficient (Wildman–Crippen LogP) is 3.89. The number of aromatic nitrogens is 2. The van der Waals surface area contributed by atoms with E-state index in [1.807, 2.05) is 6.07 Å². The van der Waals surface area contributed by atoms with Gasteiger partial charge in [-0.15, -0.1) is 0 Å². The fourth-order valence-corrected chi connectivity index (χ4v) is 2.64. The fraction of sp³-hybridized carbons (Fsp3) is 0.222. The highest BCUT2D eigenvalue weighted by Gasteiger charge is 2.29. The molecule has 4 nitrogen and oxygen atoms in total. The number of hydrogen-bond donors (Lipinski definition) is 2. The zero-order chi connectivity index (χ0) is 15.1. The van der Waals surface area contributed by atoms with Crippen LogP contribution < -0.4 is 5.32 Å². The Morgan fingerprint density at radius 2 is 2.14 bits per heavy atom. The summed E-state index contributed by atoms with van der Waals surface area (Å²) in [6, 6.07) is 12.3. The quantitative estimate of drug-likeness (QED) is 0.769. The smallest absolute Gasteiger partial charge is 0.228 e. The predicted molar refractivity (Wildman–Crippen MR) is 87.6 cm³/mol. The van der Waals surface area contributed by atoms with Crippen molar-refractivity contribution in [2.24, 2.45) is 5.92 Å². The molecule has 2 N–H and O–H groups in total. The standard InChI is InChI=1S/C18H17N3O/c1-11-3-2-4-13(7-11)15-8-14-10-19-17(9-16(14)20-15)21-18(22)12-5-6-12/h2-4,7-10,12,20H,5-6H2,1H3,(H,19,21,22). The zero-order valence-corrected chi connectivity index (χ0v) is 12.4. The number of rotatable bonds is 3. The van der Waals surface area contributed by atoms with Crippen LogP contribution in [-0.4, -0.2) is 15.9 Å². The second-order valence-electron chi connectivity index (χ2n) is 5.97. The molecule has 0 spiro atoms. The minimum absolute atomic E-state index is 0.0808. The Balaban J connectivity index is 1.67. The second-order valence-corrected chi connectivity index (χ2v) is 5.97. The first-order valence-corrected chi connectivity index (χ1v) is 7.56. The molecule has 0 radical (unpaired) electrons. The molecular weight excluding hydrogens is 274 g/mol. The van der Waals surface area contributed by atoms with Crippen LogP contribution in [0.2, 0.25) is 0 Å². The van der Waals surface area contributed by atoms with E-state index < -0.39 is 0 Å². The van der Waals surface area contributed by atoms with Gasteiger partial charge in [0.25, 0.3) is 0 Å². The number of pyridine rings is 1. The average molecular weight is 291 g/mol.